The Morgan fingerprint density at radius 3 is 1.77 bits per heavy atom. The Kier molecular flexibility index (Phi) is 3.71. The highest BCUT2D eigenvalue weighted by Gasteiger charge is 2.63. The molecule has 2 saturated heterocycles. The number of rotatable bonds is 0. The van der Waals surface area contributed by atoms with E-state index in [-0.39, 0.29) is 16.9 Å². The first-order chi connectivity index (χ1) is 14.7. The van der Waals surface area contributed by atoms with E-state index in [1.165, 1.54) is 0 Å². The van der Waals surface area contributed by atoms with E-state index in [0.717, 1.165) is 50.4 Å². The summed E-state index contributed by atoms with van der Waals surface area (Å²) in [6, 6.07) is 11.7. The number of fused-ring (bicyclic) bond motifs is 2. The molecule has 0 aromatic carbocycles. The highest BCUT2D eigenvalue weighted by atomic mass is 16.2. The molecule has 4 unspecified atom stereocenters. The van der Waals surface area contributed by atoms with E-state index in [4.69, 9.17) is 0 Å². The Hall–Kier alpha value is -3.31. The molecular formula is C25H22N4O. The Balaban J connectivity index is 1.11. The van der Waals surface area contributed by atoms with Crippen LogP contribution in [0.15, 0.2) is 48.8 Å². The molecule has 2 aromatic rings. The number of urea groups is 1. The third kappa shape index (κ3) is 2.94. The predicted molar refractivity (Wildman–Crippen MR) is 112 cm³/mol. The molecule has 0 bridgehead atoms. The van der Waals surface area contributed by atoms with Gasteiger partial charge in [-0.2, -0.15) is 0 Å². The minimum atomic E-state index is -0.0215. The van der Waals surface area contributed by atoms with Crippen molar-refractivity contribution >= 4 is 6.03 Å². The van der Waals surface area contributed by atoms with Gasteiger partial charge in [0.05, 0.1) is 10.8 Å². The van der Waals surface area contributed by atoms with Gasteiger partial charge in [0.1, 0.15) is 11.4 Å². The Morgan fingerprint density at radius 1 is 0.833 bits per heavy atom. The first kappa shape index (κ1) is 17.5. The van der Waals surface area contributed by atoms with Crippen LogP contribution in [0.3, 0.4) is 0 Å². The average Bonchev–Trinajstić information content (AvgIpc) is 3.58. The number of carbonyl (C=O) groups is 1. The molecule has 5 nitrogen and oxygen atoms in total. The van der Waals surface area contributed by atoms with Gasteiger partial charge in [-0.15, -0.1) is 0 Å². The van der Waals surface area contributed by atoms with Crippen molar-refractivity contribution in [1.82, 2.24) is 19.8 Å². The van der Waals surface area contributed by atoms with Gasteiger partial charge < -0.3 is 9.80 Å². The first-order valence-corrected chi connectivity index (χ1v) is 10.6. The standard InChI is InChI=1S/C25H22N4O/c30-23(28-15-19-13-24(19,17-28)9-7-21-5-1-3-11-26-21)29-16-20-14-25(20,18-29)10-8-22-6-2-4-12-27-22/h1-6,11-12,19-20H,13-18H2. The lowest BCUT2D eigenvalue weighted by Crippen LogP contribution is -2.43. The lowest BCUT2D eigenvalue weighted by molar-refractivity contribution is 0.160. The summed E-state index contributed by atoms with van der Waals surface area (Å²) >= 11 is 0. The van der Waals surface area contributed by atoms with Crippen molar-refractivity contribution in [1.29, 1.82) is 0 Å². The maximum Gasteiger partial charge on any atom is 0.320 e. The molecule has 0 N–H and O–H groups in total. The van der Waals surface area contributed by atoms with Crippen LogP contribution in [-0.2, 0) is 0 Å². The molecule has 2 saturated carbocycles. The van der Waals surface area contributed by atoms with E-state index in [9.17, 15) is 4.79 Å². The Labute approximate surface area is 176 Å². The molecule has 2 aliphatic heterocycles. The summed E-state index contributed by atoms with van der Waals surface area (Å²) in [6.45, 7) is 3.13. The zero-order valence-corrected chi connectivity index (χ0v) is 16.7. The fraction of sp³-hybridized carbons (Fsp3) is 0.400. The molecule has 0 spiro atoms. The molecule has 4 fully saturated rings. The second kappa shape index (κ2) is 6.34. The van der Waals surface area contributed by atoms with Gasteiger partial charge in [-0.25, -0.2) is 14.8 Å². The van der Waals surface area contributed by atoms with Gasteiger partial charge in [0, 0.05) is 38.6 Å². The highest BCUT2D eigenvalue weighted by molar-refractivity contribution is 5.76. The van der Waals surface area contributed by atoms with Gasteiger partial charge in [-0.3, -0.25) is 0 Å². The maximum atomic E-state index is 13.1. The number of hydrogen-bond acceptors (Lipinski definition) is 3. The van der Waals surface area contributed by atoms with Crippen LogP contribution in [0, 0.1) is 46.3 Å². The van der Waals surface area contributed by atoms with Crippen molar-refractivity contribution < 1.29 is 4.79 Å². The number of piperidine rings is 2. The summed E-state index contributed by atoms with van der Waals surface area (Å²) in [7, 11) is 0. The molecule has 2 aliphatic carbocycles. The lowest BCUT2D eigenvalue weighted by Gasteiger charge is -2.27. The van der Waals surface area contributed by atoms with Crippen molar-refractivity contribution in [2.75, 3.05) is 26.2 Å². The second-order valence-electron chi connectivity index (χ2n) is 9.09. The largest absolute Gasteiger partial charge is 0.323 e. The van der Waals surface area contributed by atoms with Crippen molar-refractivity contribution in [2.45, 2.75) is 12.8 Å². The van der Waals surface area contributed by atoms with Crippen LogP contribution in [0.5, 0.6) is 0 Å². The number of hydrogen-bond donors (Lipinski definition) is 0. The van der Waals surface area contributed by atoms with Gasteiger partial charge in [0.2, 0.25) is 0 Å². The Bertz CT molecular complexity index is 1040. The maximum absolute atomic E-state index is 13.1. The topological polar surface area (TPSA) is 49.3 Å². The molecule has 4 atom stereocenters. The molecule has 2 aromatic heterocycles. The molecule has 4 aliphatic rings. The van der Waals surface area contributed by atoms with Gasteiger partial charge in [0.25, 0.3) is 0 Å². The van der Waals surface area contributed by atoms with Crippen molar-refractivity contribution in [3.05, 3.63) is 60.2 Å². The summed E-state index contributed by atoms with van der Waals surface area (Å²) in [5.41, 5.74) is 1.56. The molecule has 5 heteroatoms. The number of pyridine rings is 2. The summed E-state index contributed by atoms with van der Waals surface area (Å²) < 4.78 is 0. The van der Waals surface area contributed by atoms with Crippen LogP contribution in [-0.4, -0.2) is 52.0 Å². The van der Waals surface area contributed by atoms with Crippen LogP contribution < -0.4 is 0 Å². The van der Waals surface area contributed by atoms with Crippen LogP contribution >= 0.6 is 0 Å². The van der Waals surface area contributed by atoms with E-state index in [1.54, 1.807) is 12.4 Å². The van der Waals surface area contributed by atoms with Gasteiger partial charge in [0.15, 0.2) is 0 Å². The quantitative estimate of drug-likeness (QED) is 0.646. The molecule has 30 heavy (non-hydrogen) atoms. The zero-order chi connectivity index (χ0) is 20.2. The number of amides is 2. The van der Waals surface area contributed by atoms with Crippen LogP contribution in [0.1, 0.15) is 24.2 Å². The molecule has 0 radical (unpaired) electrons. The fourth-order valence-electron chi connectivity index (χ4n) is 5.10. The summed E-state index contributed by atoms with van der Waals surface area (Å²) in [4.78, 5) is 25.7. The van der Waals surface area contributed by atoms with E-state index in [1.807, 2.05) is 46.2 Å². The summed E-state index contributed by atoms with van der Waals surface area (Å²) in [5, 5.41) is 0. The number of likely N-dealkylation sites (tertiary alicyclic amines) is 2. The monoisotopic (exact) mass is 394 g/mol. The van der Waals surface area contributed by atoms with Crippen LogP contribution in [0.4, 0.5) is 4.79 Å². The minimum Gasteiger partial charge on any atom is -0.323 e. The molecule has 148 valence electrons. The van der Waals surface area contributed by atoms with E-state index in [2.05, 4.69) is 33.6 Å². The third-order valence-electron chi connectivity index (χ3n) is 7.04. The van der Waals surface area contributed by atoms with E-state index >= 15 is 0 Å². The smallest absolute Gasteiger partial charge is 0.320 e. The lowest BCUT2D eigenvalue weighted by atomic mass is 10.1. The summed E-state index contributed by atoms with van der Waals surface area (Å²) in [5.74, 6) is 14.3. The van der Waals surface area contributed by atoms with Gasteiger partial charge in [-0.05, 0) is 60.8 Å². The first-order valence-electron chi connectivity index (χ1n) is 10.6. The summed E-state index contributed by atoms with van der Waals surface area (Å²) in [6.07, 6.45) is 5.72. The predicted octanol–water partition coefficient (Wildman–Crippen LogP) is 2.64. The minimum absolute atomic E-state index is 0.0215. The molecule has 4 heterocycles. The van der Waals surface area contributed by atoms with Crippen LogP contribution in [0.2, 0.25) is 0 Å². The van der Waals surface area contributed by atoms with Gasteiger partial charge in [-0.1, -0.05) is 24.0 Å². The molecule has 2 amide bonds. The number of nitrogens with zero attached hydrogens (tertiary/aromatic N) is 4. The highest BCUT2D eigenvalue weighted by Crippen LogP contribution is 2.59. The SMILES string of the molecule is O=C(N1CC2CC2(C#Cc2ccccn2)C1)N1CC2CC2(C#Cc2ccccn2)C1. The van der Waals surface area contributed by atoms with Crippen LogP contribution in [0.25, 0.3) is 0 Å². The zero-order valence-electron chi connectivity index (χ0n) is 16.7. The van der Waals surface area contributed by atoms with Crippen molar-refractivity contribution in [3.8, 4) is 23.7 Å². The fourth-order valence-corrected chi connectivity index (χ4v) is 5.10. The molecule has 6 rings (SSSR count). The Morgan fingerprint density at radius 2 is 1.33 bits per heavy atom. The second-order valence-corrected chi connectivity index (χ2v) is 9.09. The third-order valence-corrected chi connectivity index (χ3v) is 7.04. The number of carbonyl (C=O) groups excluding carboxylic acids is 1. The van der Waals surface area contributed by atoms with Crippen molar-refractivity contribution in [3.63, 3.8) is 0 Å². The van der Waals surface area contributed by atoms with E-state index < -0.39 is 0 Å². The average molecular weight is 394 g/mol. The normalized spacial score (nSPS) is 32.3. The van der Waals surface area contributed by atoms with Gasteiger partial charge >= 0.3 is 6.03 Å². The number of aromatic nitrogens is 2. The molecular weight excluding hydrogens is 372 g/mol. The van der Waals surface area contributed by atoms with Crippen molar-refractivity contribution in [2.24, 2.45) is 22.7 Å². The van der Waals surface area contributed by atoms with E-state index in [0.29, 0.717) is 11.8 Å².